The maximum Gasteiger partial charge on any atom is 0.338 e. The van der Waals surface area contributed by atoms with E-state index in [2.05, 4.69) is 10.5 Å². The van der Waals surface area contributed by atoms with Crippen LogP contribution in [-0.4, -0.2) is 33.8 Å². The van der Waals surface area contributed by atoms with Crippen LogP contribution in [0.5, 0.6) is 0 Å². The van der Waals surface area contributed by atoms with E-state index < -0.39 is 16.9 Å². The Morgan fingerprint density at radius 3 is 2.48 bits per heavy atom. The van der Waals surface area contributed by atoms with E-state index in [1.165, 1.54) is 12.1 Å². The summed E-state index contributed by atoms with van der Waals surface area (Å²) in [5.41, 5.74) is 11.7. The fourth-order valence-electron chi connectivity index (χ4n) is 3.46. The Bertz CT molecular complexity index is 1240. The van der Waals surface area contributed by atoms with Crippen LogP contribution in [0.1, 0.15) is 35.5 Å². The van der Waals surface area contributed by atoms with Crippen LogP contribution in [0.3, 0.4) is 0 Å². The third kappa shape index (κ3) is 5.06. The molecule has 0 saturated carbocycles. The van der Waals surface area contributed by atoms with Crippen molar-refractivity contribution in [3.8, 4) is 16.9 Å². The molecule has 170 valence electrons. The Labute approximate surface area is 189 Å². The molecule has 1 aromatic heterocycles. The van der Waals surface area contributed by atoms with E-state index in [9.17, 15) is 19.7 Å². The zero-order valence-electron chi connectivity index (χ0n) is 18.4. The molecule has 0 fully saturated rings. The highest BCUT2D eigenvalue weighted by Gasteiger charge is 2.19. The van der Waals surface area contributed by atoms with Gasteiger partial charge in [-0.05, 0) is 51.1 Å². The normalized spacial score (nSPS) is 11.2. The van der Waals surface area contributed by atoms with Gasteiger partial charge in [0.05, 0.1) is 28.5 Å². The Morgan fingerprint density at radius 2 is 1.88 bits per heavy atom. The second kappa shape index (κ2) is 9.77. The molecule has 10 heteroatoms. The van der Waals surface area contributed by atoms with Crippen LogP contribution in [-0.2, 0) is 4.74 Å². The van der Waals surface area contributed by atoms with Crippen LogP contribution in [0.15, 0.2) is 59.7 Å². The van der Waals surface area contributed by atoms with E-state index >= 15 is 0 Å². The molecule has 0 saturated heterocycles. The van der Waals surface area contributed by atoms with Crippen molar-refractivity contribution < 1.29 is 19.2 Å². The van der Waals surface area contributed by atoms with Crippen LogP contribution >= 0.6 is 0 Å². The van der Waals surface area contributed by atoms with Crippen molar-refractivity contribution in [3.63, 3.8) is 0 Å². The molecule has 0 bridgehead atoms. The lowest BCUT2D eigenvalue weighted by molar-refractivity contribution is -0.384. The number of nitrogens with one attached hydrogen (secondary N) is 1. The summed E-state index contributed by atoms with van der Waals surface area (Å²) in [6.07, 6.45) is 0. The Kier molecular flexibility index (Phi) is 6.87. The summed E-state index contributed by atoms with van der Waals surface area (Å²) in [6.45, 7) is 5.58. The second-order valence-corrected chi connectivity index (χ2v) is 7.11. The second-order valence-electron chi connectivity index (χ2n) is 7.11. The Morgan fingerprint density at radius 1 is 1.18 bits per heavy atom. The minimum atomic E-state index is -0.792. The molecule has 2 aromatic carbocycles. The Hall–Kier alpha value is -4.47. The van der Waals surface area contributed by atoms with E-state index in [-0.39, 0.29) is 12.3 Å². The summed E-state index contributed by atoms with van der Waals surface area (Å²) in [6, 6.07) is 14.1. The Balaban J connectivity index is 2.18. The van der Waals surface area contributed by atoms with E-state index in [0.29, 0.717) is 28.1 Å². The predicted octanol–water partition coefficient (Wildman–Crippen LogP) is 3.93. The molecular weight excluding hydrogens is 426 g/mol. The standard InChI is InChI=1S/C23H23N5O5/c1-4-33-22(29)16-8-10-18(11-9-16)27-15(3)20(14(2)25-26-23(24)30)13-21(27)17-6-5-7-19(12-17)28(31)32/h5-13H,4H2,1-3H3,(H3,24,26,30)/b25-14+. The van der Waals surface area contributed by atoms with Crippen molar-refractivity contribution in [2.75, 3.05) is 6.61 Å². The topological polar surface area (TPSA) is 142 Å². The number of carbonyl (C=O) groups excluding carboxylic acids is 2. The molecule has 0 atom stereocenters. The molecule has 0 aliphatic carbocycles. The third-order valence-electron chi connectivity index (χ3n) is 4.96. The van der Waals surface area contributed by atoms with Gasteiger partial charge < -0.3 is 15.0 Å². The van der Waals surface area contributed by atoms with E-state index in [1.54, 1.807) is 50.2 Å². The largest absolute Gasteiger partial charge is 0.462 e. The van der Waals surface area contributed by atoms with Crippen molar-refractivity contribution in [1.82, 2.24) is 9.99 Å². The minimum absolute atomic E-state index is 0.0436. The number of amides is 2. The number of non-ortho nitro benzene ring substituents is 1. The number of aromatic nitrogens is 1. The number of hydrogen-bond acceptors (Lipinski definition) is 6. The predicted molar refractivity (Wildman–Crippen MR) is 123 cm³/mol. The van der Waals surface area contributed by atoms with Gasteiger partial charge in [-0.3, -0.25) is 10.1 Å². The quantitative estimate of drug-likeness (QED) is 0.243. The van der Waals surface area contributed by atoms with Gasteiger partial charge in [0.15, 0.2) is 0 Å². The van der Waals surface area contributed by atoms with Gasteiger partial charge in [0.1, 0.15) is 0 Å². The monoisotopic (exact) mass is 449 g/mol. The maximum absolute atomic E-state index is 12.0. The first kappa shape index (κ1) is 23.2. The number of nitrogens with two attached hydrogens (primary N) is 1. The van der Waals surface area contributed by atoms with Crippen LogP contribution in [0.2, 0.25) is 0 Å². The fourth-order valence-corrected chi connectivity index (χ4v) is 3.46. The van der Waals surface area contributed by atoms with Crippen molar-refractivity contribution in [3.05, 3.63) is 81.5 Å². The minimum Gasteiger partial charge on any atom is -0.462 e. The van der Waals surface area contributed by atoms with Gasteiger partial charge in [-0.1, -0.05) is 12.1 Å². The smallest absolute Gasteiger partial charge is 0.338 e. The van der Waals surface area contributed by atoms with Gasteiger partial charge in [-0.25, -0.2) is 15.0 Å². The highest BCUT2D eigenvalue weighted by atomic mass is 16.6. The number of rotatable bonds is 7. The summed E-state index contributed by atoms with van der Waals surface area (Å²) >= 11 is 0. The summed E-state index contributed by atoms with van der Waals surface area (Å²) in [7, 11) is 0. The van der Waals surface area contributed by atoms with Crippen molar-refractivity contribution >= 4 is 23.4 Å². The maximum atomic E-state index is 12.0. The fraction of sp³-hybridized carbons (Fsp3) is 0.174. The van der Waals surface area contributed by atoms with Crippen LogP contribution in [0.25, 0.3) is 16.9 Å². The number of hydrogen-bond donors (Lipinski definition) is 2. The first-order valence-corrected chi connectivity index (χ1v) is 10.1. The van der Waals surface area contributed by atoms with Gasteiger partial charge in [-0.2, -0.15) is 5.10 Å². The van der Waals surface area contributed by atoms with Crippen LogP contribution < -0.4 is 11.2 Å². The molecule has 3 aromatic rings. The zero-order valence-corrected chi connectivity index (χ0v) is 18.4. The van der Waals surface area contributed by atoms with Gasteiger partial charge >= 0.3 is 12.0 Å². The van der Waals surface area contributed by atoms with Gasteiger partial charge in [0, 0.05) is 34.6 Å². The highest BCUT2D eigenvalue weighted by Crippen LogP contribution is 2.32. The summed E-state index contributed by atoms with van der Waals surface area (Å²) in [4.78, 5) is 33.9. The number of nitro benzene ring substituents is 1. The van der Waals surface area contributed by atoms with E-state index in [1.807, 2.05) is 17.6 Å². The molecule has 0 unspecified atom stereocenters. The van der Waals surface area contributed by atoms with Crippen molar-refractivity contribution in [1.29, 1.82) is 0 Å². The van der Waals surface area contributed by atoms with Crippen LogP contribution in [0, 0.1) is 17.0 Å². The van der Waals surface area contributed by atoms with Gasteiger partial charge in [-0.15, -0.1) is 0 Å². The SMILES string of the molecule is CCOC(=O)c1ccc(-n2c(-c3cccc([N+](=O)[O-])c3)cc(/C(C)=N/NC(N)=O)c2C)cc1. The average molecular weight is 449 g/mol. The summed E-state index contributed by atoms with van der Waals surface area (Å²) in [5.74, 6) is -0.423. The van der Waals surface area contributed by atoms with E-state index in [4.69, 9.17) is 10.5 Å². The number of nitro groups is 1. The van der Waals surface area contributed by atoms with Crippen molar-refractivity contribution in [2.45, 2.75) is 20.8 Å². The number of urea groups is 1. The van der Waals surface area contributed by atoms with E-state index in [0.717, 1.165) is 11.4 Å². The number of hydrazone groups is 1. The molecule has 1 heterocycles. The van der Waals surface area contributed by atoms with Crippen LogP contribution in [0.4, 0.5) is 10.5 Å². The first-order chi connectivity index (χ1) is 15.7. The molecule has 0 spiro atoms. The molecule has 33 heavy (non-hydrogen) atoms. The molecule has 3 rings (SSSR count). The first-order valence-electron chi connectivity index (χ1n) is 10.1. The number of primary amides is 1. The molecule has 0 aliphatic heterocycles. The molecule has 0 aliphatic rings. The van der Waals surface area contributed by atoms with Gasteiger partial charge in [0.25, 0.3) is 5.69 Å². The molecule has 2 amide bonds. The van der Waals surface area contributed by atoms with Crippen molar-refractivity contribution in [2.24, 2.45) is 10.8 Å². The zero-order chi connectivity index (χ0) is 24.1. The summed E-state index contributed by atoms with van der Waals surface area (Å²) in [5, 5.41) is 15.3. The van der Waals surface area contributed by atoms with Gasteiger partial charge in [0.2, 0.25) is 0 Å². The lowest BCUT2D eigenvalue weighted by atomic mass is 10.1. The lowest BCUT2D eigenvalue weighted by Crippen LogP contribution is -2.25. The number of benzene rings is 2. The number of esters is 1. The third-order valence-corrected chi connectivity index (χ3v) is 4.96. The number of nitrogens with zero attached hydrogens (tertiary/aromatic N) is 3. The molecule has 0 radical (unpaired) electrons. The number of carbonyl (C=O) groups is 2. The number of ether oxygens (including phenoxy) is 1. The molecular formula is C23H23N5O5. The lowest BCUT2D eigenvalue weighted by Gasteiger charge is -2.13. The molecule has 10 nitrogen and oxygen atoms in total. The highest BCUT2D eigenvalue weighted by molar-refractivity contribution is 6.01. The average Bonchev–Trinajstić information content (AvgIpc) is 3.15. The molecule has 3 N–H and O–H groups in total. The summed E-state index contributed by atoms with van der Waals surface area (Å²) < 4.78 is 6.93.